The van der Waals surface area contributed by atoms with Gasteiger partial charge in [0, 0.05) is 20.2 Å². The zero-order chi connectivity index (χ0) is 14.1. The lowest BCUT2D eigenvalue weighted by molar-refractivity contribution is 0.0824. The summed E-state index contributed by atoms with van der Waals surface area (Å²) >= 11 is 5.63. The summed E-state index contributed by atoms with van der Waals surface area (Å²) in [7, 11) is -1.36. The highest BCUT2D eigenvalue weighted by Gasteiger charge is 2.23. The van der Waals surface area contributed by atoms with Gasteiger partial charge in [0.25, 0.3) is 15.9 Å². The van der Waals surface area contributed by atoms with Crippen LogP contribution in [0, 0.1) is 0 Å². The van der Waals surface area contributed by atoms with E-state index in [2.05, 4.69) is 0 Å². The van der Waals surface area contributed by atoms with Crippen molar-refractivity contribution in [1.29, 1.82) is 0 Å². The van der Waals surface area contributed by atoms with Gasteiger partial charge in [0.1, 0.15) is 10.6 Å². The van der Waals surface area contributed by atoms with E-state index in [0.29, 0.717) is 0 Å². The molecule has 1 amide bonds. The third-order valence-corrected chi connectivity index (χ3v) is 3.68. The molecular formula is C9H11ClN2O5S. The smallest absolute Gasteiger partial charge is 0.263 e. The molecule has 0 aromatic heterocycles. The predicted octanol–water partition coefficient (Wildman–Crippen LogP) is 0.415. The first-order chi connectivity index (χ1) is 8.20. The molecule has 100 valence electrons. The van der Waals surface area contributed by atoms with E-state index < -0.39 is 26.6 Å². The molecule has 1 aromatic rings. The van der Waals surface area contributed by atoms with Crippen LogP contribution in [0.2, 0.25) is 5.02 Å². The topological polar surface area (TPSA) is 107 Å². The Balaban J connectivity index is 3.50. The summed E-state index contributed by atoms with van der Waals surface area (Å²) in [5, 5.41) is 17.8. The minimum absolute atomic E-state index is 0.238. The summed E-state index contributed by atoms with van der Waals surface area (Å²) in [6.07, 6.45) is 0. The molecule has 9 heteroatoms. The second-order valence-corrected chi connectivity index (χ2v) is 5.63. The van der Waals surface area contributed by atoms with E-state index in [0.717, 1.165) is 21.9 Å². The molecule has 18 heavy (non-hydrogen) atoms. The third kappa shape index (κ3) is 2.72. The number of amides is 1. The molecule has 0 saturated heterocycles. The molecule has 0 aliphatic carbocycles. The number of sulfonamides is 1. The molecular weight excluding hydrogens is 284 g/mol. The molecule has 0 atom stereocenters. The Morgan fingerprint density at radius 1 is 1.39 bits per heavy atom. The van der Waals surface area contributed by atoms with Crippen molar-refractivity contribution in [2.24, 2.45) is 0 Å². The number of carbonyl (C=O) groups excluding carboxylic acids is 1. The highest BCUT2D eigenvalue weighted by molar-refractivity contribution is 7.89. The molecule has 0 saturated carbocycles. The maximum Gasteiger partial charge on any atom is 0.263 e. The maximum absolute atomic E-state index is 11.7. The normalized spacial score (nSPS) is 11.3. The number of benzene rings is 1. The molecule has 0 unspecified atom stereocenters. The Hall–Kier alpha value is -1.35. The first-order valence-electron chi connectivity index (χ1n) is 4.60. The van der Waals surface area contributed by atoms with E-state index in [4.69, 9.17) is 16.8 Å². The first-order valence-corrected chi connectivity index (χ1v) is 6.47. The van der Waals surface area contributed by atoms with Crippen molar-refractivity contribution in [1.82, 2.24) is 9.79 Å². The van der Waals surface area contributed by atoms with Gasteiger partial charge in [0.2, 0.25) is 0 Å². The van der Waals surface area contributed by atoms with Gasteiger partial charge >= 0.3 is 0 Å². The monoisotopic (exact) mass is 294 g/mol. The number of carbonyl (C=O) groups is 1. The van der Waals surface area contributed by atoms with E-state index in [1.165, 1.54) is 14.1 Å². The summed E-state index contributed by atoms with van der Waals surface area (Å²) in [6, 6.07) is 1.81. The van der Waals surface area contributed by atoms with Crippen molar-refractivity contribution in [2.45, 2.75) is 4.90 Å². The van der Waals surface area contributed by atoms with Gasteiger partial charge in [-0.1, -0.05) is 16.5 Å². The summed E-state index contributed by atoms with van der Waals surface area (Å²) in [4.78, 5) is 13.4. The van der Waals surface area contributed by atoms with Crippen LogP contribution in [0.4, 0.5) is 0 Å². The van der Waals surface area contributed by atoms with Gasteiger partial charge in [0.15, 0.2) is 0 Å². The van der Waals surface area contributed by atoms with Gasteiger partial charge in [0.05, 0.1) is 10.6 Å². The van der Waals surface area contributed by atoms with Crippen LogP contribution in [-0.2, 0) is 10.0 Å². The van der Waals surface area contributed by atoms with Crippen LogP contribution in [0.5, 0.6) is 5.75 Å². The molecule has 0 aliphatic heterocycles. The Kier molecular flexibility index (Phi) is 4.17. The van der Waals surface area contributed by atoms with E-state index in [1.54, 1.807) is 0 Å². The molecule has 3 N–H and O–H groups in total. The quantitative estimate of drug-likeness (QED) is 0.700. The summed E-state index contributed by atoms with van der Waals surface area (Å²) < 4.78 is 22.9. The van der Waals surface area contributed by atoms with Crippen molar-refractivity contribution >= 4 is 27.5 Å². The Bertz CT molecular complexity index is 585. The lowest BCUT2D eigenvalue weighted by Gasteiger charge is -2.13. The maximum atomic E-state index is 11.7. The van der Waals surface area contributed by atoms with Crippen LogP contribution in [0.25, 0.3) is 0 Å². The number of phenolic OH excluding ortho intramolecular Hbond substituents is 1. The molecule has 0 fully saturated rings. The first kappa shape index (κ1) is 14.7. The van der Waals surface area contributed by atoms with E-state index in [-0.39, 0.29) is 10.6 Å². The van der Waals surface area contributed by atoms with Gasteiger partial charge in [-0.05, 0) is 6.07 Å². The van der Waals surface area contributed by atoms with Crippen LogP contribution in [0.3, 0.4) is 0 Å². The van der Waals surface area contributed by atoms with Crippen molar-refractivity contribution in [3.05, 3.63) is 22.7 Å². The Morgan fingerprint density at radius 2 is 1.94 bits per heavy atom. The second kappa shape index (κ2) is 5.11. The van der Waals surface area contributed by atoms with Crippen molar-refractivity contribution < 1.29 is 23.5 Å². The van der Waals surface area contributed by atoms with Crippen molar-refractivity contribution in [3.63, 3.8) is 0 Å². The number of rotatable bonds is 3. The predicted molar refractivity (Wildman–Crippen MR) is 63.2 cm³/mol. The Labute approximate surface area is 109 Å². The summed E-state index contributed by atoms with van der Waals surface area (Å²) in [5.41, 5.74) is -0.238. The third-order valence-electron chi connectivity index (χ3n) is 2.10. The molecule has 0 radical (unpaired) electrons. The van der Waals surface area contributed by atoms with Crippen LogP contribution in [0.15, 0.2) is 17.0 Å². The highest BCUT2D eigenvalue weighted by Crippen LogP contribution is 2.29. The SMILES string of the molecule is CN(C)C(=O)c1cc(S(=O)(=O)NO)c(Cl)cc1O. The molecule has 1 aromatic carbocycles. The van der Waals surface area contributed by atoms with E-state index in [9.17, 15) is 18.3 Å². The lowest BCUT2D eigenvalue weighted by Crippen LogP contribution is -2.24. The number of hydrogen-bond donors (Lipinski definition) is 3. The minimum Gasteiger partial charge on any atom is -0.507 e. The summed E-state index contributed by atoms with van der Waals surface area (Å²) in [6.45, 7) is 0. The lowest BCUT2D eigenvalue weighted by atomic mass is 10.2. The van der Waals surface area contributed by atoms with Crippen LogP contribution in [0.1, 0.15) is 10.4 Å². The molecule has 0 aliphatic rings. The highest BCUT2D eigenvalue weighted by atomic mass is 35.5. The molecule has 1 rings (SSSR count). The van der Waals surface area contributed by atoms with Crippen LogP contribution < -0.4 is 4.89 Å². The number of aromatic hydroxyl groups is 1. The standard InChI is InChI=1S/C9H11ClN2O5S/c1-12(2)9(14)5-3-8(18(16,17)11-15)6(10)4-7(5)13/h3-4,11,13,15H,1-2H3. The van der Waals surface area contributed by atoms with E-state index in [1.807, 2.05) is 0 Å². The van der Waals surface area contributed by atoms with Gasteiger partial charge < -0.3 is 15.2 Å². The number of nitrogens with one attached hydrogen (secondary N) is 1. The number of phenols is 1. The fourth-order valence-electron chi connectivity index (χ4n) is 1.21. The fourth-order valence-corrected chi connectivity index (χ4v) is 2.36. The fraction of sp³-hybridized carbons (Fsp3) is 0.222. The molecule has 0 spiro atoms. The van der Waals surface area contributed by atoms with Gasteiger partial charge in [-0.3, -0.25) is 4.79 Å². The second-order valence-electron chi connectivity index (χ2n) is 3.59. The molecule has 0 bridgehead atoms. The largest absolute Gasteiger partial charge is 0.507 e. The van der Waals surface area contributed by atoms with Gasteiger partial charge in [-0.15, -0.1) is 0 Å². The van der Waals surface area contributed by atoms with Crippen LogP contribution in [-0.4, -0.2) is 43.6 Å². The average molecular weight is 295 g/mol. The molecule has 0 heterocycles. The van der Waals surface area contributed by atoms with E-state index >= 15 is 0 Å². The van der Waals surface area contributed by atoms with Crippen molar-refractivity contribution in [3.8, 4) is 5.75 Å². The molecule has 7 nitrogen and oxygen atoms in total. The number of halogens is 1. The minimum atomic E-state index is -4.24. The number of hydrogen-bond acceptors (Lipinski definition) is 5. The average Bonchev–Trinajstić information content (AvgIpc) is 2.27. The summed E-state index contributed by atoms with van der Waals surface area (Å²) in [5.74, 6) is -1.05. The number of nitrogens with zero attached hydrogens (tertiary/aromatic N) is 1. The zero-order valence-electron chi connectivity index (χ0n) is 9.51. The van der Waals surface area contributed by atoms with Gasteiger partial charge in [-0.25, -0.2) is 8.42 Å². The van der Waals surface area contributed by atoms with Crippen molar-refractivity contribution in [2.75, 3.05) is 14.1 Å². The Morgan fingerprint density at radius 3 is 2.39 bits per heavy atom. The zero-order valence-corrected chi connectivity index (χ0v) is 11.1. The van der Waals surface area contributed by atoms with Crippen LogP contribution >= 0.6 is 11.6 Å². The van der Waals surface area contributed by atoms with Gasteiger partial charge in [-0.2, -0.15) is 0 Å².